The van der Waals surface area contributed by atoms with Crippen LogP contribution in [-0.2, 0) is 35.9 Å². The Morgan fingerprint density at radius 3 is 1.25 bits per heavy atom. The lowest BCUT2D eigenvalue weighted by Crippen LogP contribution is -2.13. The minimum absolute atomic E-state index is 0.565. The van der Waals surface area contributed by atoms with Gasteiger partial charge < -0.3 is 0 Å². The molecule has 1 aromatic heterocycles. The number of pyridine rings is 1. The lowest BCUT2D eigenvalue weighted by molar-refractivity contribution is 0.964. The summed E-state index contributed by atoms with van der Waals surface area (Å²) in [5, 5.41) is 0. The van der Waals surface area contributed by atoms with Crippen molar-refractivity contribution in [3.05, 3.63) is 29.6 Å². The maximum atomic E-state index is 6.13. The van der Waals surface area contributed by atoms with Crippen molar-refractivity contribution >= 4 is 35.7 Å². The number of aromatic nitrogens is 1. The Morgan fingerprint density at radius 2 is 1.00 bits per heavy atom. The first kappa shape index (κ1) is 22.5. The highest BCUT2D eigenvalue weighted by molar-refractivity contribution is 8.15. The molecule has 0 fully saturated rings. The molecule has 0 aromatic carbocycles. The van der Waals surface area contributed by atoms with Gasteiger partial charge in [-0.3, -0.25) is 4.98 Å². The summed E-state index contributed by atoms with van der Waals surface area (Å²) in [6.07, 6.45) is 1.94. The molecule has 1 heterocycles. The van der Waals surface area contributed by atoms with E-state index in [4.69, 9.17) is 28.6 Å². The van der Waals surface area contributed by atoms with Crippen LogP contribution < -0.4 is 0 Å². The third-order valence-electron chi connectivity index (χ3n) is 5.18. The van der Waals surface area contributed by atoms with Crippen molar-refractivity contribution in [2.24, 2.45) is 0 Å². The Kier molecular flexibility index (Phi) is 8.34. The van der Waals surface area contributed by atoms with Crippen molar-refractivity contribution in [3.63, 3.8) is 0 Å². The van der Waals surface area contributed by atoms with Gasteiger partial charge in [-0.1, -0.05) is 85.1 Å². The predicted octanol–water partition coefficient (Wildman–Crippen LogP) is 6.67. The lowest BCUT2D eigenvalue weighted by Gasteiger charge is -2.31. The highest BCUT2D eigenvalue weighted by atomic mass is 32.4. The van der Waals surface area contributed by atoms with E-state index >= 15 is 0 Å². The van der Waals surface area contributed by atoms with Gasteiger partial charge in [0.2, 0.25) is 0 Å². The van der Waals surface area contributed by atoms with Crippen LogP contribution in [0.2, 0.25) is 0 Å². The summed E-state index contributed by atoms with van der Waals surface area (Å²) in [5.74, 6) is 0. The van der Waals surface area contributed by atoms with Crippen LogP contribution in [0.4, 0.5) is 0 Å². The lowest BCUT2D eigenvalue weighted by atomic mass is 10.3. The zero-order chi connectivity index (χ0) is 18.7. The molecule has 0 unspecified atom stereocenters. The average Bonchev–Trinajstić information content (AvgIpc) is 2.46. The molecule has 0 radical (unpaired) electrons. The van der Waals surface area contributed by atoms with Gasteiger partial charge in [-0.05, 0) is 46.8 Å². The number of hydrogen-bond acceptors (Lipinski definition) is 3. The SMILES string of the molecule is CC(C)P(=S)(Cc1cccc(CP(=S)(C(C)C)C(C)C)n1)C(C)C. The van der Waals surface area contributed by atoms with Gasteiger partial charge in [-0.2, -0.15) is 0 Å². The fourth-order valence-electron chi connectivity index (χ4n) is 3.13. The van der Waals surface area contributed by atoms with Gasteiger partial charge in [-0.25, -0.2) is 0 Å². The van der Waals surface area contributed by atoms with E-state index in [0.717, 1.165) is 12.3 Å². The van der Waals surface area contributed by atoms with Gasteiger partial charge >= 0.3 is 0 Å². The first-order valence-corrected chi connectivity index (χ1v) is 15.3. The molecule has 0 saturated carbocycles. The first-order valence-electron chi connectivity index (χ1n) is 9.05. The standard InChI is InChI=1S/C19H35NP2S2/c1-14(2)21(23,15(3)4)12-18-10-9-11-19(20-18)13-22(24,16(5)6)17(7)8/h9-11,14-17H,12-13H2,1-8H3. The van der Waals surface area contributed by atoms with E-state index in [1.54, 1.807) is 0 Å². The summed E-state index contributed by atoms with van der Waals surface area (Å²) in [7, 11) is 0. The van der Waals surface area contributed by atoms with E-state index in [1.807, 2.05) is 0 Å². The summed E-state index contributed by atoms with van der Waals surface area (Å²) in [6, 6.07) is 3.58. The van der Waals surface area contributed by atoms with E-state index < -0.39 is 12.1 Å². The molecule has 0 atom stereocenters. The fraction of sp³-hybridized carbons (Fsp3) is 0.737. The molecule has 1 rings (SSSR count). The minimum Gasteiger partial charge on any atom is -0.257 e. The van der Waals surface area contributed by atoms with Crippen LogP contribution in [0.5, 0.6) is 0 Å². The molecule has 138 valence electrons. The molecule has 0 amide bonds. The fourth-order valence-corrected chi connectivity index (χ4v) is 9.14. The molecule has 0 saturated heterocycles. The van der Waals surface area contributed by atoms with Crippen LogP contribution >= 0.6 is 12.1 Å². The molecule has 1 aromatic rings. The van der Waals surface area contributed by atoms with Crippen LogP contribution in [0.15, 0.2) is 18.2 Å². The summed E-state index contributed by atoms with van der Waals surface area (Å²) in [6.45, 7) is 18.2. The maximum Gasteiger partial charge on any atom is 0.0457 e. The molecule has 0 aliphatic rings. The van der Waals surface area contributed by atoms with Crippen LogP contribution in [0.25, 0.3) is 0 Å². The monoisotopic (exact) mass is 403 g/mol. The smallest absolute Gasteiger partial charge is 0.0457 e. The second kappa shape index (κ2) is 8.90. The minimum atomic E-state index is -1.44. The molecule has 0 aliphatic heterocycles. The molecular weight excluding hydrogens is 368 g/mol. The highest BCUT2D eigenvalue weighted by Crippen LogP contribution is 2.59. The molecule has 1 nitrogen and oxygen atoms in total. The van der Waals surface area contributed by atoms with Gasteiger partial charge in [0.05, 0.1) is 0 Å². The first-order chi connectivity index (χ1) is 10.9. The zero-order valence-electron chi connectivity index (χ0n) is 16.6. The number of nitrogens with zero attached hydrogens (tertiary/aromatic N) is 1. The second-order valence-corrected chi connectivity index (χ2v) is 20.3. The van der Waals surface area contributed by atoms with Gasteiger partial charge in [0, 0.05) is 23.7 Å². The molecule has 0 N–H and O–H groups in total. The van der Waals surface area contributed by atoms with Gasteiger partial charge in [-0.15, -0.1) is 0 Å². The topological polar surface area (TPSA) is 12.9 Å². The Balaban J connectivity index is 3.11. The molecule has 0 bridgehead atoms. The second-order valence-electron chi connectivity index (χ2n) is 8.02. The summed E-state index contributed by atoms with van der Waals surface area (Å²) >= 11 is 12.3. The highest BCUT2D eigenvalue weighted by Gasteiger charge is 2.28. The predicted molar refractivity (Wildman–Crippen MR) is 121 cm³/mol. The van der Waals surface area contributed by atoms with Gasteiger partial charge in [0.25, 0.3) is 0 Å². The summed E-state index contributed by atoms with van der Waals surface area (Å²) < 4.78 is 0. The van der Waals surface area contributed by atoms with Crippen LogP contribution in [-0.4, -0.2) is 27.6 Å². The quantitative estimate of drug-likeness (QED) is 0.450. The van der Waals surface area contributed by atoms with Crippen molar-refractivity contribution in [2.45, 2.75) is 90.3 Å². The molecule has 24 heavy (non-hydrogen) atoms. The van der Waals surface area contributed by atoms with Crippen molar-refractivity contribution in [2.75, 3.05) is 0 Å². The normalized spacial score (nSPS) is 13.5. The van der Waals surface area contributed by atoms with Crippen molar-refractivity contribution < 1.29 is 0 Å². The number of hydrogen-bond donors (Lipinski definition) is 0. The zero-order valence-corrected chi connectivity index (χ0v) is 20.0. The molecule has 0 spiro atoms. The Morgan fingerprint density at radius 1 is 0.708 bits per heavy atom. The largest absolute Gasteiger partial charge is 0.257 e. The Labute approximate surface area is 160 Å². The molecule has 0 aliphatic carbocycles. The van der Waals surface area contributed by atoms with Crippen LogP contribution in [0.3, 0.4) is 0 Å². The van der Waals surface area contributed by atoms with Gasteiger partial charge in [0.15, 0.2) is 0 Å². The van der Waals surface area contributed by atoms with Crippen molar-refractivity contribution in [1.82, 2.24) is 4.98 Å². The maximum absolute atomic E-state index is 6.13. The molecule has 5 heteroatoms. The van der Waals surface area contributed by atoms with Crippen LogP contribution in [0.1, 0.15) is 66.8 Å². The third-order valence-corrected chi connectivity index (χ3v) is 19.6. The summed E-state index contributed by atoms with van der Waals surface area (Å²) in [5.41, 5.74) is 4.61. The average molecular weight is 404 g/mol. The van der Waals surface area contributed by atoms with E-state index in [2.05, 4.69) is 73.6 Å². The molecular formula is C19H35NP2S2. The van der Waals surface area contributed by atoms with Crippen LogP contribution in [0, 0.1) is 0 Å². The van der Waals surface area contributed by atoms with E-state index in [-0.39, 0.29) is 0 Å². The third kappa shape index (κ3) is 5.23. The van der Waals surface area contributed by atoms with E-state index in [9.17, 15) is 0 Å². The summed E-state index contributed by atoms with van der Waals surface area (Å²) in [4.78, 5) is 4.99. The number of rotatable bonds is 8. The Hall–Kier alpha value is 0.450. The Bertz CT molecular complexity index is 561. The van der Waals surface area contributed by atoms with E-state index in [1.165, 1.54) is 11.4 Å². The van der Waals surface area contributed by atoms with E-state index in [0.29, 0.717) is 22.6 Å². The van der Waals surface area contributed by atoms with Gasteiger partial charge in [0.1, 0.15) is 0 Å². The van der Waals surface area contributed by atoms with Crippen molar-refractivity contribution in [3.8, 4) is 0 Å². The van der Waals surface area contributed by atoms with Crippen molar-refractivity contribution in [1.29, 1.82) is 0 Å².